The van der Waals surface area contributed by atoms with Gasteiger partial charge in [-0.2, -0.15) is 4.31 Å². The quantitative estimate of drug-likeness (QED) is 0.499. The van der Waals surface area contributed by atoms with Crippen molar-refractivity contribution in [2.75, 3.05) is 19.4 Å². The van der Waals surface area contributed by atoms with E-state index >= 15 is 0 Å². The highest BCUT2D eigenvalue weighted by atomic mass is 79.9. The molecule has 0 unspecified atom stereocenters. The number of sulfonamides is 1. The summed E-state index contributed by atoms with van der Waals surface area (Å²) in [4.78, 5) is 10.3. The van der Waals surface area contributed by atoms with Crippen molar-refractivity contribution in [2.45, 2.75) is 10.3 Å². The zero-order valence-electron chi connectivity index (χ0n) is 13.7. The van der Waals surface area contributed by atoms with Crippen molar-refractivity contribution in [3.8, 4) is 5.75 Å². The fourth-order valence-corrected chi connectivity index (χ4v) is 6.40. The standard InChI is InChI=1S/C16H15BrN2O5S2/c1-24-15-6-5-11(17)9-14(15)16-18(7-8-25-16)26(22,23)13-4-2-3-12(10-13)19(20)21/h2-6,9-10,16H,7-8H2,1H3/t16-/m1/s1. The molecule has 1 fully saturated rings. The molecule has 1 aliphatic heterocycles. The fourth-order valence-electron chi connectivity index (χ4n) is 2.74. The van der Waals surface area contributed by atoms with E-state index in [1.165, 1.54) is 41.4 Å². The maximum atomic E-state index is 13.1. The molecule has 1 saturated heterocycles. The lowest BCUT2D eigenvalue weighted by molar-refractivity contribution is -0.385. The SMILES string of the molecule is COc1ccc(Br)cc1[C@H]1SCCN1S(=O)(=O)c1cccc([N+](=O)[O-])c1. The van der Waals surface area contributed by atoms with Crippen molar-refractivity contribution in [3.05, 3.63) is 62.6 Å². The number of hydrogen-bond donors (Lipinski definition) is 0. The first-order valence-electron chi connectivity index (χ1n) is 7.56. The van der Waals surface area contributed by atoms with Gasteiger partial charge in [-0.25, -0.2) is 8.42 Å². The molecule has 0 N–H and O–H groups in total. The zero-order valence-corrected chi connectivity index (χ0v) is 16.9. The van der Waals surface area contributed by atoms with E-state index in [1.54, 1.807) is 6.07 Å². The second-order valence-corrected chi connectivity index (χ2v) is 9.47. The molecule has 1 atom stereocenters. The first-order valence-corrected chi connectivity index (χ1v) is 10.8. The van der Waals surface area contributed by atoms with Gasteiger partial charge in [0.05, 0.1) is 22.3 Å². The van der Waals surface area contributed by atoms with Crippen LogP contribution in [0, 0.1) is 10.1 Å². The van der Waals surface area contributed by atoms with Crippen molar-refractivity contribution in [2.24, 2.45) is 0 Å². The maximum Gasteiger partial charge on any atom is 0.270 e. The Morgan fingerprint density at radius 3 is 2.77 bits per heavy atom. The molecule has 0 radical (unpaired) electrons. The summed E-state index contributed by atoms with van der Waals surface area (Å²) in [5.41, 5.74) is 0.480. The van der Waals surface area contributed by atoms with E-state index in [0.29, 0.717) is 18.0 Å². The summed E-state index contributed by atoms with van der Waals surface area (Å²) in [6, 6.07) is 10.5. The van der Waals surface area contributed by atoms with Gasteiger partial charge in [-0.15, -0.1) is 11.8 Å². The number of thioether (sulfide) groups is 1. The minimum absolute atomic E-state index is 0.0897. The highest BCUT2D eigenvalue weighted by Gasteiger charge is 2.38. The number of methoxy groups -OCH3 is 1. The van der Waals surface area contributed by atoms with Crippen LogP contribution in [-0.2, 0) is 10.0 Å². The van der Waals surface area contributed by atoms with Crippen LogP contribution in [0.2, 0.25) is 0 Å². The Hall–Kier alpha value is -1.62. The Kier molecular flexibility index (Phi) is 5.56. The van der Waals surface area contributed by atoms with Gasteiger partial charge in [0.15, 0.2) is 0 Å². The predicted molar refractivity (Wildman–Crippen MR) is 103 cm³/mol. The molecule has 2 aromatic carbocycles. The molecule has 0 aromatic heterocycles. The largest absolute Gasteiger partial charge is 0.496 e. The molecule has 2 aromatic rings. The minimum atomic E-state index is -3.89. The molecule has 10 heteroatoms. The Balaban J connectivity index is 2.04. The van der Waals surface area contributed by atoms with E-state index in [0.717, 1.165) is 16.1 Å². The number of benzene rings is 2. The number of nitrogens with zero attached hydrogens (tertiary/aromatic N) is 2. The average Bonchev–Trinajstić information content (AvgIpc) is 3.12. The van der Waals surface area contributed by atoms with Crippen LogP contribution < -0.4 is 4.74 Å². The van der Waals surface area contributed by atoms with E-state index in [4.69, 9.17) is 4.74 Å². The monoisotopic (exact) mass is 458 g/mol. The third kappa shape index (κ3) is 3.59. The van der Waals surface area contributed by atoms with Crippen molar-refractivity contribution >= 4 is 43.4 Å². The van der Waals surface area contributed by atoms with Crippen LogP contribution in [-0.4, -0.2) is 37.1 Å². The highest BCUT2D eigenvalue weighted by molar-refractivity contribution is 9.10. The number of rotatable bonds is 5. The molecule has 1 aliphatic rings. The summed E-state index contributed by atoms with van der Waals surface area (Å²) in [6.07, 6.45) is 0. The normalized spacial score (nSPS) is 18.0. The molecule has 26 heavy (non-hydrogen) atoms. The second-order valence-electron chi connectivity index (χ2n) is 5.48. The topological polar surface area (TPSA) is 89.8 Å². The predicted octanol–water partition coefficient (Wildman–Crippen LogP) is 3.80. The van der Waals surface area contributed by atoms with Gasteiger partial charge in [-0.3, -0.25) is 10.1 Å². The van der Waals surface area contributed by atoms with Crippen molar-refractivity contribution in [1.29, 1.82) is 0 Å². The lowest BCUT2D eigenvalue weighted by Gasteiger charge is -2.25. The van der Waals surface area contributed by atoms with Crippen molar-refractivity contribution in [1.82, 2.24) is 4.31 Å². The molecule has 1 heterocycles. The van der Waals surface area contributed by atoms with Crippen LogP contribution >= 0.6 is 27.7 Å². The van der Waals surface area contributed by atoms with E-state index in [2.05, 4.69) is 15.9 Å². The van der Waals surface area contributed by atoms with Crippen molar-refractivity contribution in [3.63, 3.8) is 0 Å². The summed E-state index contributed by atoms with van der Waals surface area (Å²) >= 11 is 4.89. The van der Waals surface area contributed by atoms with Crippen LogP contribution in [0.25, 0.3) is 0 Å². The van der Waals surface area contributed by atoms with Crippen molar-refractivity contribution < 1.29 is 18.1 Å². The van der Waals surface area contributed by atoms with Crippen LogP contribution in [0.5, 0.6) is 5.75 Å². The molecule has 0 saturated carbocycles. The second kappa shape index (κ2) is 7.55. The number of halogens is 1. The molecule has 0 bridgehead atoms. The number of non-ortho nitro benzene ring substituents is 1. The summed E-state index contributed by atoms with van der Waals surface area (Å²) in [5.74, 6) is 1.21. The molecule has 138 valence electrons. The van der Waals surface area contributed by atoms with Gasteiger partial charge in [0.25, 0.3) is 5.69 Å². The van der Waals surface area contributed by atoms with E-state index in [9.17, 15) is 18.5 Å². The summed E-state index contributed by atoms with van der Waals surface area (Å²) < 4.78 is 33.8. The summed E-state index contributed by atoms with van der Waals surface area (Å²) in [7, 11) is -2.36. The van der Waals surface area contributed by atoms with Crippen LogP contribution in [0.4, 0.5) is 5.69 Å². The van der Waals surface area contributed by atoms with Gasteiger partial charge in [0.1, 0.15) is 5.75 Å². The van der Waals surface area contributed by atoms with Gasteiger partial charge in [0, 0.05) is 34.5 Å². The van der Waals surface area contributed by atoms with E-state index in [-0.39, 0.29) is 10.6 Å². The lowest BCUT2D eigenvalue weighted by Crippen LogP contribution is -2.30. The third-order valence-electron chi connectivity index (χ3n) is 3.94. The number of ether oxygens (including phenoxy) is 1. The van der Waals surface area contributed by atoms with Crippen LogP contribution in [0.1, 0.15) is 10.9 Å². The molecular formula is C16H15BrN2O5S2. The Morgan fingerprint density at radius 1 is 1.31 bits per heavy atom. The number of nitro groups is 1. The molecule has 0 aliphatic carbocycles. The van der Waals surface area contributed by atoms with Gasteiger partial charge in [0.2, 0.25) is 10.0 Å². The number of hydrogen-bond acceptors (Lipinski definition) is 6. The fraction of sp³-hybridized carbons (Fsp3) is 0.250. The smallest absolute Gasteiger partial charge is 0.270 e. The molecule has 0 amide bonds. The Labute approximate surface area is 163 Å². The average molecular weight is 459 g/mol. The van der Waals surface area contributed by atoms with E-state index in [1.807, 2.05) is 12.1 Å². The highest BCUT2D eigenvalue weighted by Crippen LogP contribution is 2.45. The number of nitro benzene ring substituents is 1. The molecule has 3 rings (SSSR count). The third-order valence-corrected chi connectivity index (χ3v) is 7.67. The van der Waals surface area contributed by atoms with Gasteiger partial charge in [-0.05, 0) is 24.3 Å². The van der Waals surface area contributed by atoms with Gasteiger partial charge in [-0.1, -0.05) is 22.0 Å². The summed E-state index contributed by atoms with van der Waals surface area (Å²) in [6.45, 7) is 0.316. The lowest BCUT2D eigenvalue weighted by atomic mass is 10.2. The van der Waals surface area contributed by atoms with E-state index < -0.39 is 20.3 Å². The Morgan fingerprint density at radius 2 is 2.08 bits per heavy atom. The first-order chi connectivity index (χ1) is 12.3. The molecule has 0 spiro atoms. The molecular weight excluding hydrogens is 444 g/mol. The maximum absolute atomic E-state index is 13.1. The zero-order chi connectivity index (χ0) is 18.9. The summed E-state index contributed by atoms with van der Waals surface area (Å²) in [5, 5.41) is 10.5. The van der Waals surface area contributed by atoms with Gasteiger partial charge >= 0.3 is 0 Å². The minimum Gasteiger partial charge on any atom is -0.496 e. The van der Waals surface area contributed by atoms with Gasteiger partial charge < -0.3 is 4.74 Å². The van der Waals surface area contributed by atoms with Crippen LogP contribution in [0.3, 0.4) is 0 Å². The van der Waals surface area contributed by atoms with Crippen LogP contribution in [0.15, 0.2) is 51.8 Å². The molecule has 7 nitrogen and oxygen atoms in total. The first kappa shape index (κ1) is 19.2. The Bertz CT molecular complexity index is 951.